The molecular formula is C22H17ClN2O3S. The molecule has 3 aromatic carbocycles. The topological polar surface area (TPSA) is 68.3 Å². The minimum absolute atomic E-state index is 0.0735. The lowest BCUT2D eigenvalue weighted by atomic mass is 10.1. The first-order valence-corrected chi connectivity index (χ1v) is 10.6. The molecule has 7 heteroatoms. The zero-order valence-corrected chi connectivity index (χ0v) is 17.0. The van der Waals surface area contributed by atoms with E-state index in [9.17, 15) is 8.42 Å². The number of rotatable bonds is 5. The van der Waals surface area contributed by atoms with Gasteiger partial charge in [0.1, 0.15) is 10.6 Å². The number of anilines is 2. The molecule has 1 heterocycles. The van der Waals surface area contributed by atoms with Crippen molar-refractivity contribution >= 4 is 43.7 Å². The van der Waals surface area contributed by atoms with E-state index in [1.165, 1.54) is 18.3 Å². The molecule has 0 atom stereocenters. The van der Waals surface area contributed by atoms with Crippen LogP contribution in [-0.2, 0) is 9.84 Å². The molecule has 1 N–H and O–H groups in total. The van der Waals surface area contributed by atoms with E-state index in [4.69, 9.17) is 16.3 Å². The molecule has 0 aliphatic rings. The first-order chi connectivity index (χ1) is 14.0. The number of ether oxygens (including phenoxy) is 1. The number of nitrogens with one attached hydrogen (secondary N) is 1. The Labute approximate surface area is 173 Å². The molecule has 4 aromatic rings. The van der Waals surface area contributed by atoms with Crippen molar-refractivity contribution in [3.8, 4) is 5.75 Å². The van der Waals surface area contributed by atoms with Crippen molar-refractivity contribution in [2.75, 3.05) is 12.4 Å². The average molecular weight is 425 g/mol. The van der Waals surface area contributed by atoms with Gasteiger partial charge in [0.25, 0.3) is 0 Å². The first-order valence-electron chi connectivity index (χ1n) is 8.78. The van der Waals surface area contributed by atoms with Crippen molar-refractivity contribution in [3.63, 3.8) is 0 Å². The fourth-order valence-corrected chi connectivity index (χ4v) is 4.52. The van der Waals surface area contributed by atoms with Crippen molar-refractivity contribution in [1.82, 2.24) is 4.98 Å². The van der Waals surface area contributed by atoms with Crippen LogP contribution in [0, 0.1) is 0 Å². The molecule has 146 valence electrons. The van der Waals surface area contributed by atoms with E-state index in [2.05, 4.69) is 10.3 Å². The molecule has 0 unspecified atom stereocenters. The second kappa shape index (κ2) is 7.73. The summed E-state index contributed by atoms with van der Waals surface area (Å²) in [5.74, 6) is 0.608. The highest BCUT2D eigenvalue weighted by Crippen LogP contribution is 2.36. The van der Waals surface area contributed by atoms with Crippen molar-refractivity contribution in [2.24, 2.45) is 0 Å². The number of fused-ring (bicyclic) bond motifs is 1. The van der Waals surface area contributed by atoms with Crippen LogP contribution in [0.3, 0.4) is 0 Å². The van der Waals surface area contributed by atoms with Crippen molar-refractivity contribution in [2.45, 2.75) is 9.79 Å². The Morgan fingerprint density at radius 2 is 1.69 bits per heavy atom. The van der Waals surface area contributed by atoms with E-state index < -0.39 is 9.84 Å². The van der Waals surface area contributed by atoms with E-state index >= 15 is 0 Å². The van der Waals surface area contributed by atoms with Crippen molar-refractivity contribution < 1.29 is 13.2 Å². The molecule has 5 nitrogen and oxygen atoms in total. The SMILES string of the molecule is COc1ccc2ncc(S(=O)(=O)c3ccc(Cl)cc3)c(Nc3ccccc3)c2c1. The zero-order chi connectivity index (χ0) is 20.4. The average Bonchev–Trinajstić information content (AvgIpc) is 2.74. The van der Waals surface area contributed by atoms with E-state index in [1.807, 2.05) is 30.3 Å². The van der Waals surface area contributed by atoms with Crippen LogP contribution in [0.2, 0.25) is 5.02 Å². The molecule has 0 amide bonds. The third kappa shape index (κ3) is 3.77. The van der Waals surface area contributed by atoms with Crippen LogP contribution in [-0.4, -0.2) is 20.5 Å². The molecular weight excluding hydrogens is 408 g/mol. The quantitative estimate of drug-likeness (QED) is 0.460. The zero-order valence-electron chi connectivity index (χ0n) is 15.5. The molecule has 0 bridgehead atoms. The second-order valence-electron chi connectivity index (χ2n) is 6.33. The molecule has 0 aliphatic heterocycles. The molecule has 0 saturated heterocycles. The highest BCUT2D eigenvalue weighted by atomic mass is 35.5. The van der Waals surface area contributed by atoms with Crippen molar-refractivity contribution in [3.05, 3.63) is 84.0 Å². The number of hydrogen-bond donors (Lipinski definition) is 1. The second-order valence-corrected chi connectivity index (χ2v) is 8.68. The number of benzene rings is 3. The Hall–Kier alpha value is -3.09. The van der Waals surface area contributed by atoms with Crippen LogP contribution in [0.1, 0.15) is 0 Å². The largest absolute Gasteiger partial charge is 0.497 e. The van der Waals surface area contributed by atoms with E-state index in [1.54, 1.807) is 37.4 Å². The maximum absolute atomic E-state index is 13.4. The Balaban J connectivity index is 1.97. The lowest BCUT2D eigenvalue weighted by Gasteiger charge is -2.16. The summed E-state index contributed by atoms with van der Waals surface area (Å²) in [5, 5.41) is 4.36. The summed E-state index contributed by atoms with van der Waals surface area (Å²) in [7, 11) is -2.28. The molecule has 0 saturated carbocycles. The predicted molar refractivity (Wildman–Crippen MR) is 115 cm³/mol. The third-order valence-electron chi connectivity index (χ3n) is 4.50. The van der Waals surface area contributed by atoms with Gasteiger partial charge < -0.3 is 10.1 Å². The summed E-state index contributed by atoms with van der Waals surface area (Å²) in [4.78, 5) is 4.58. The monoisotopic (exact) mass is 424 g/mol. The van der Waals surface area contributed by atoms with Crippen LogP contribution in [0.15, 0.2) is 88.8 Å². The van der Waals surface area contributed by atoms with E-state index in [0.717, 1.165) is 5.69 Å². The van der Waals surface area contributed by atoms with Gasteiger partial charge in [-0.25, -0.2) is 8.42 Å². The fraction of sp³-hybridized carbons (Fsp3) is 0.0455. The van der Waals surface area contributed by atoms with Gasteiger partial charge in [-0.3, -0.25) is 4.98 Å². The Morgan fingerprint density at radius 3 is 2.38 bits per heavy atom. The Bertz CT molecular complexity index is 1270. The summed E-state index contributed by atoms with van der Waals surface area (Å²) in [6, 6.07) is 20.8. The predicted octanol–water partition coefficient (Wildman–Crippen LogP) is 5.47. The molecule has 0 aliphatic carbocycles. The lowest BCUT2D eigenvalue weighted by molar-refractivity contribution is 0.415. The number of halogens is 1. The summed E-state index contributed by atoms with van der Waals surface area (Å²) in [5.41, 5.74) is 1.85. The van der Waals surface area contributed by atoms with Gasteiger partial charge in [-0.1, -0.05) is 29.8 Å². The Morgan fingerprint density at radius 1 is 0.966 bits per heavy atom. The maximum Gasteiger partial charge on any atom is 0.210 e. The number of nitrogens with zero attached hydrogens (tertiary/aromatic N) is 1. The van der Waals surface area contributed by atoms with Gasteiger partial charge in [0.05, 0.1) is 23.2 Å². The lowest BCUT2D eigenvalue weighted by Crippen LogP contribution is -2.07. The highest BCUT2D eigenvalue weighted by Gasteiger charge is 2.24. The van der Waals surface area contributed by atoms with Gasteiger partial charge >= 0.3 is 0 Å². The minimum Gasteiger partial charge on any atom is -0.497 e. The Kier molecular flexibility index (Phi) is 5.13. The van der Waals surface area contributed by atoms with Gasteiger partial charge in [0.2, 0.25) is 9.84 Å². The number of sulfone groups is 1. The normalized spacial score (nSPS) is 11.4. The molecule has 4 rings (SSSR count). The number of aromatic nitrogens is 1. The van der Waals surface area contributed by atoms with E-state index in [0.29, 0.717) is 27.4 Å². The summed E-state index contributed by atoms with van der Waals surface area (Å²) in [6.45, 7) is 0. The molecule has 0 spiro atoms. The summed E-state index contributed by atoms with van der Waals surface area (Å²) in [6.07, 6.45) is 1.38. The van der Waals surface area contributed by atoms with Gasteiger partial charge in [0, 0.05) is 22.3 Å². The third-order valence-corrected chi connectivity index (χ3v) is 6.53. The molecule has 0 fully saturated rings. The first kappa shape index (κ1) is 19.2. The number of para-hydroxylation sites is 1. The number of pyridine rings is 1. The van der Waals surface area contributed by atoms with E-state index in [-0.39, 0.29) is 9.79 Å². The fourth-order valence-electron chi connectivity index (χ4n) is 3.02. The highest BCUT2D eigenvalue weighted by molar-refractivity contribution is 7.91. The van der Waals surface area contributed by atoms with Crippen LogP contribution in [0.5, 0.6) is 5.75 Å². The van der Waals surface area contributed by atoms with Crippen LogP contribution >= 0.6 is 11.6 Å². The number of hydrogen-bond acceptors (Lipinski definition) is 5. The smallest absolute Gasteiger partial charge is 0.210 e. The summed E-state index contributed by atoms with van der Waals surface area (Å²) < 4.78 is 32.1. The summed E-state index contributed by atoms with van der Waals surface area (Å²) >= 11 is 5.92. The van der Waals surface area contributed by atoms with Gasteiger partial charge in [0.15, 0.2) is 0 Å². The standard InChI is InChI=1S/C22H17ClN2O3S/c1-28-17-9-12-20-19(13-17)22(25-16-5-3-2-4-6-16)21(14-24-20)29(26,27)18-10-7-15(23)8-11-18/h2-14H,1H3,(H,24,25). The van der Waals surface area contributed by atoms with Gasteiger partial charge in [-0.05, 0) is 54.6 Å². The van der Waals surface area contributed by atoms with Gasteiger partial charge in [-0.2, -0.15) is 0 Å². The molecule has 29 heavy (non-hydrogen) atoms. The van der Waals surface area contributed by atoms with Crippen molar-refractivity contribution in [1.29, 1.82) is 0 Å². The maximum atomic E-state index is 13.4. The van der Waals surface area contributed by atoms with Crippen LogP contribution in [0.25, 0.3) is 10.9 Å². The van der Waals surface area contributed by atoms with Crippen LogP contribution < -0.4 is 10.1 Å². The number of methoxy groups -OCH3 is 1. The van der Waals surface area contributed by atoms with Crippen LogP contribution in [0.4, 0.5) is 11.4 Å². The van der Waals surface area contributed by atoms with Gasteiger partial charge in [-0.15, -0.1) is 0 Å². The molecule has 1 aromatic heterocycles. The molecule has 0 radical (unpaired) electrons. The minimum atomic E-state index is -3.84.